The first-order valence-corrected chi connectivity index (χ1v) is 6.49. The average Bonchev–Trinajstić information content (AvgIpc) is 2.48. The predicted octanol–water partition coefficient (Wildman–Crippen LogP) is 1.07. The molecule has 20 heavy (non-hydrogen) atoms. The van der Waals surface area contributed by atoms with Crippen LogP contribution in [0.25, 0.3) is 0 Å². The minimum atomic E-state index is -0.748. The zero-order valence-electron chi connectivity index (χ0n) is 10.9. The Morgan fingerprint density at radius 3 is 2.95 bits per heavy atom. The van der Waals surface area contributed by atoms with Gasteiger partial charge in [-0.1, -0.05) is 17.7 Å². The molecule has 1 N–H and O–H groups in total. The minimum Gasteiger partial charge on any atom is -0.365 e. The molecule has 1 atom stereocenters. The van der Waals surface area contributed by atoms with Gasteiger partial charge in [0.05, 0.1) is 23.7 Å². The molecule has 1 unspecified atom stereocenters. The van der Waals surface area contributed by atoms with Gasteiger partial charge < -0.3 is 15.0 Å². The highest BCUT2D eigenvalue weighted by Gasteiger charge is 2.30. The Morgan fingerprint density at radius 1 is 1.50 bits per heavy atom. The number of amides is 2. The number of nitrogens with zero attached hydrogens (tertiary/aromatic N) is 1. The molecule has 0 bridgehead atoms. The fourth-order valence-corrected chi connectivity index (χ4v) is 2.17. The molecule has 108 valence electrons. The molecule has 0 aromatic heterocycles. The Balaban J connectivity index is 2.16. The van der Waals surface area contributed by atoms with Crippen molar-refractivity contribution in [3.8, 4) is 0 Å². The second kappa shape index (κ2) is 6.19. The normalized spacial score (nSPS) is 18.8. The first kappa shape index (κ1) is 14.7. The molecule has 7 heteroatoms. The van der Waals surface area contributed by atoms with Crippen molar-refractivity contribution in [3.05, 3.63) is 34.6 Å². The topological polar surface area (TPSA) is 58.6 Å². The predicted molar refractivity (Wildman–Crippen MR) is 71.1 cm³/mol. The highest BCUT2D eigenvalue weighted by Crippen LogP contribution is 2.20. The molecule has 1 aromatic carbocycles. The number of likely N-dealkylation sites (N-methyl/N-ethyl adjacent to an activating group) is 1. The summed E-state index contributed by atoms with van der Waals surface area (Å²) < 4.78 is 19.1. The van der Waals surface area contributed by atoms with Crippen molar-refractivity contribution >= 4 is 23.4 Å². The van der Waals surface area contributed by atoms with Gasteiger partial charge in [0, 0.05) is 13.6 Å². The molecule has 2 rings (SSSR count). The first-order valence-electron chi connectivity index (χ1n) is 6.11. The van der Waals surface area contributed by atoms with Crippen LogP contribution in [0.2, 0.25) is 5.02 Å². The van der Waals surface area contributed by atoms with Crippen molar-refractivity contribution in [2.24, 2.45) is 0 Å². The van der Waals surface area contributed by atoms with E-state index < -0.39 is 17.8 Å². The van der Waals surface area contributed by atoms with Gasteiger partial charge in [0.25, 0.3) is 11.8 Å². The number of hydrogen-bond acceptors (Lipinski definition) is 3. The number of ether oxygens (including phenoxy) is 1. The summed E-state index contributed by atoms with van der Waals surface area (Å²) in [5.74, 6) is -1.56. The largest absolute Gasteiger partial charge is 0.365 e. The van der Waals surface area contributed by atoms with E-state index in [1.165, 1.54) is 30.1 Å². The first-order chi connectivity index (χ1) is 9.54. The van der Waals surface area contributed by atoms with Crippen molar-refractivity contribution < 1.29 is 18.7 Å². The van der Waals surface area contributed by atoms with Crippen LogP contribution < -0.4 is 5.32 Å². The van der Waals surface area contributed by atoms with Crippen LogP contribution in [0, 0.1) is 5.82 Å². The third-order valence-electron chi connectivity index (χ3n) is 3.07. The van der Waals surface area contributed by atoms with Crippen molar-refractivity contribution in [2.75, 3.05) is 26.7 Å². The third kappa shape index (κ3) is 2.91. The van der Waals surface area contributed by atoms with E-state index in [0.29, 0.717) is 6.54 Å². The maximum Gasteiger partial charge on any atom is 0.257 e. The lowest BCUT2D eigenvalue weighted by atomic mass is 10.1. The average molecular weight is 301 g/mol. The summed E-state index contributed by atoms with van der Waals surface area (Å²) in [5, 5.41) is 2.35. The molecular weight excluding hydrogens is 287 g/mol. The van der Waals surface area contributed by atoms with Crippen LogP contribution in [0.4, 0.5) is 4.39 Å². The molecule has 1 fully saturated rings. The molecule has 2 amide bonds. The number of carbonyl (C=O) groups is 2. The second-order valence-corrected chi connectivity index (χ2v) is 4.73. The highest BCUT2D eigenvalue weighted by atomic mass is 35.5. The summed E-state index contributed by atoms with van der Waals surface area (Å²) in [6.45, 7) is 0.620. The second-order valence-electron chi connectivity index (χ2n) is 4.33. The van der Waals surface area contributed by atoms with Gasteiger partial charge in [0.1, 0.15) is 0 Å². The minimum absolute atomic E-state index is 0.0878. The van der Waals surface area contributed by atoms with E-state index in [2.05, 4.69) is 5.32 Å². The SMILES string of the molecule is CNC(=O)C1CN(C(=O)c2cccc(Cl)c2F)CCO1. The van der Waals surface area contributed by atoms with Gasteiger partial charge in [-0.05, 0) is 12.1 Å². The molecule has 1 aliphatic rings. The van der Waals surface area contributed by atoms with Gasteiger partial charge >= 0.3 is 0 Å². The molecule has 1 aliphatic heterocycles. The Kier molecular flexibility index (Phi) is 4.57. The van der Waals surface area contributed by atoms with Gasteiger partial charge in [0.15, 0.2) is 11.9 Å². The van der Waals surface area contributed by atoms with Gasteiger partial charge in [-0.25, -0.2) is 4.39 Å². The summed E-state index contributed by atoms with van der Waals surface area (Å²) in [6.07, 6.45) is -0.736. The lowest BCUT2D eigenvalue weighted by molar-refractivity contribution is -0.136. The van der Waals surface area contributed by atoms with Crippen LogP contribution in [0.5, 0.6) is 0 Å². The van der Waals surface area contributed by atoms with E-state index in [-0.39, 0.29) is 29.6 Å². The number of hydrogen-bond donors (Lipinski definition) is 1. The van der Waals surface area contributed by atoms with Crippen LogP contribution in [-0.4, -0.2) is 49.6 Å². The molecule has 1 aromatic rings. The van der Waals surface area contributed by atoms with Gasteiger partial charge in [-0.15, -0.1) is 0 Å². The summed E-state index contributed by atoms with van der Waals surface area (Å²) in [7, 11) is 1.49. The zero-order chi connectivity index (χ0) is 14.7. The summed E-state index contributed by atoms with van der Waals surface area (Å²) in [5.41, 5.74) is -0.102. The number of rotatable bonds is 2. The van der Waals surface area contributed by atoms with Crippen molar-refractivity contribution in [3.63, 3.8) is 0 Å². The number of morpholine rings is 1. The van der Waals surface area contributed by atoms with E-state index >= 15 is 0 Å². The number of halogens is 2. The van der Waals surface area contributed by atoms with E-state index in [4.69, 9.17) is 16.3 Å². The number of benzene rings is 1. The van der Waals surface area contributed by atoms with E-state index in [1.807, 2.05) is 0 Å². The van der Waals surface area contributed by atoms with Gasteiger partial charge in [-0.3, -0.25) is 9.59 Å². The lowest BCUT2D eigenvalue weighted by Gasteiger charge is -2.32. The molecule has 5 nitrogen and oxygen atoms in total. The molecule has 0 saturated carbocycles. The van der Waals surface area contributed by atoms with Crippen LogP contribution >= 0.6 is 11.6 Å². The highest BCUT2D eigenvalue weighted by molar-refractivity contribution is 6.31. The number of nitrogens with one attached hydrogen (secondary N) is 1. The Bertz CT molecular complexity index is 538. The molecule has 1 saturated heterocycles. The molecule has 1 heterocycles. The third-order valence-corrected chi connectivity index (χ3v) is 3.37. The Labute approximate surface area is 120 Å². The molecule has 0 spiro atoms. The molecule has 0 radical (unpaired) electrons. The quantitative estimate of drug-likeness (QED) is 0.889. The van der Waals surface area contributed by atoms with E-state index in [9.17, 15) is 14.0 Å². The Morgan fingerprint density at radius 2 is 2.25 bits per heavy atom. The monoisotopic (exact) mass is 300 g/mol. The Hall–Kier alpha value is -1.66. The fourth-order valence-electron chi connectivity index (χ4n) is 1.99. The van der Waals surface area contributed by atoms with E-state index in [1.54, 1.807) is 0 Å². The van der Waals surface area contributed by atoms with Crippen LogP contribution in [0.1, 0.15) is 10.4 Å². The standard InChI is InChI=1S/C13H14ClFN2O3/c1-16-12(18)10-7-17(5-6-20-10)13(19)8-3-2-4-9(14)11(8)15/h2-4,10H,5-7H2,1H3,(H,16,18). The summed E-state index contributed by atoms with van der Waals surface area (Å²) in [6, 6.07) is 4.25. The number of carbonyl (C=O) groups excluding carboxylic acids is 2. The molecular formula is C13H14ClFN2O3. The maximum absolute atomic E-state index is 13.8. The molecule has 0 aliphatic carbocycles. The summed E-state index contributed by atoms with van der Waals surface area (Å²) in [4.78, 5) is 25.2. The van der Waals surface area contributed by atoms with E-state index in [0.717, 1.165) is 0 Å². The van der Waals surface area contributed by atoms with Crippen molar-refractivity contribution in [1.29, 1.82) is 0 Å². The fraction of sp³-hybridized carbons (Fsp3) is 0.385. The maximum atomic E-state index is 13.8. The van der Waals surface area contributed by atoms with Crippen LogP contribution in [0.15, 0.2) is 18.2 Å². The van der Waals surface area contributed by atoms with Crippen molar-refractivity contribution in [1.82, 2.24) is 10.2 Å². The van der Waals surface area contributed by atoms with Crippen molar-refractivity contribution in [2.45, 2.75) is 6.10 Å². The van der Waals surface area contributed by atoms with Gasteiger partial charge in [0.2, 0.25) is 0 Å². The smallest absolute Gasteiger partial charge is 0.257 e. The summed E-state index contributed by atoms with van der Waals surface area (Å²) >= 11 is 5.66. The van der Waals surface area contributed by atoms with Crippen LogP contribution in [-0.2, 0) is 9.53 Å². The van der Waals surface area contributed by atoms with Crippen LogP contribution in [0.3, 0.4) is 0 Å². The zero-order valence-corrected chi connectivity index (χ0v) is 11.6. The lowest BCUT2D eigenvalue weighted by Crippen LogP contribution is -2.51. The van der Waals surface area contributed by atoms with Gasteiger partial charge in [-0.2, -0.15) is 0 Å².